The van der Waals surface area contributed by atoms with E-state index in [1.54, 1.807) is 23.1 Å². The Morgan fingerprint density at radius 3 is 2.96 bits per heavy atom. The van der Waals surface area contributed by atoms with Gasteiger partial charge in [-0.1, -0.05) is 0 Å². The minimum atomic E-state index is -0.0151. The van der Waals surface area contributed by atoms with Crippen LogP contribution in [0.4, 0.5) is 0 Å². The van der Waals surface area contributed by atoms with E-state index in [2.05, 4.69) is 15.3 Å². The van der Waals surface area contributed by atoms with Crippen LogP contribution in [-0.4, -0.2) is 34.2 Å². The average Bonchev–Trinajstić information content (AvgIpc) is 2.97. The van der Waals surface area contributed by atoms with Gasteiger partial charge in [0.15, 0.2) is 0 Å². The van der Waals surface area contributed by atoms with Crippen LogP contribution < -0.4 is 16.6 Å². The van der Waals surface area contributed by atoms with E-state index in [1.807, 2.05) is 6.92 Å². The molecule has 0 radical (unpaired) electrons. The van der Waals surface area contributed by atoms with Crippen molar-refractivity contribution in [3.8, 4) is 0 Å². The first-order valence-electron chi connectivity index (χ1n) is 9.18. The summed E-state index contributed by atoms with van der Waals surface area (Å²) in [4.78, 5) is 34.0. The molecule has 0 fully saturated rings. The molecule has 1 atom stereocenters. The molecule has 27 heavy (non-hydrogen) atoms. The van der Waals surface area contributed by atoms with Gasteiger partial charge in [0.25, 0.3) is 5.56 Å². The van der Waals surface area contributed by atoms with E-state index < -0.39 is 0 Å². The second-order valence-corrected chi connectivity index (χ2v) is 9.01. The number of thiophene rings is 1. The number of aryl methyl sites for hydroxylation is 2. The lowest BCUT2D eigenvalue weighted by Crippen LogP contribution is -2.29. The maximum Gasteiger partial charge on any atom is 0.259 e. The van der Waals surface area contributed by atoms with Gasteiger partial charge < -0.3 is 16.0 Å². The molecule has 2 aromatic heterocycles. The van der Waals surface area contributed by atoms with Crippen molar-refractivity contribution in [1.29, 1.82) is 0 Å². The van der Waals surface area contributed by atoms with Crippen LogP contribution in [0, 0.1) is 0 Å². The number of fused-ring (bicyclic) bond motifs is 3. The minimum absolute atomic E-state index is 0. The molecule has 4 N–H and O–H groups in total. The molecule has 0 saturated heterocycles. The number of thioether (sulfide) groups is 1. The Hall–Kier alpha value is -1.09. The van der Waals surface area contributed by atoms with Crippen LogP contribution in [0.5, 0.6) is 0 Å². The van der Waals surface area contributed by atoms with Gasteiger partial charge in [0, 0.05) is 29.6 Å². The summed E-state index contributed by atoms with van der Waals surface area (Å²) >= 11 is 3.28. The highest BCUT2D eigenvalue weighted by Crippen LogP contribution is 2.33. The molecule has 0 saturated carbocycles. The Labute approximate surface area is 173 Å². The van der Waals surface area contributed by atoms with E-state index >= 15 is 0 Å². The molecule has 2 heterocycles. The van der Waals surface area contributed by atoms with Crippen molar-refractivity contribution in [1.82, 2.24) is 15.3 Å². The van der Waals surface area contributed by atoms with Gasteiger partial charge in [0.2, 0.25) is 5.91 Å². The highest BCUT2D eigenvalue weighted by atomic mass is 35.5. The van der Waals surface area contributed by atoms with Crippen molar-refractivity contribution >= 4 is 51.6 Å². The van der Waals surface area contributed by atoms with Crippen LogP contribution in [0.1, 0.15) is 48.9 Å². The first kappa shape index (κ1) is 22.2. The largest absolute Gasteiger partial charge is 0.356 e. The number of carbonyl (C=O) groups excluding carboxylic acids is 1. The van der Waals surface area contributed by atoms with Crippen LogP contribution in [-0.2, 0) is 23.4 Å². The standard InChI is InChI=1S/C18H26N4O2S2.ClH/c1-11(19)6-8-20-15(23)7-9-25-10-14-21-17(24)16-12-4-2-3-5-13(12)26-18(16)22-14;/h11H,2-10,19H2,1H3,(H,20,23)(H,21,22,24);1H. The molecular weight excluding hydrogens is 404 g/mol. The van der Waals surface area contributed by atoms with Crippen LogP contribution in [0.25, 0.3) is 10.2 Å². The zero-order chi connectivity index (χ0) is 18.5. The predicted molar refractivity (Wildman–Crippen MR) is 116 cm³/mol. The summed E-state index contributed by atoms with van der Waals surface area (Å²) in [6, 6.07) is 0.102. The minimum Gasteiger partial charge on any atom is -0.356 e. The molecule has 0 bridgehead atoms. The number of nitrogens with two attached hydrogens (primary N) is 1. The maximum absolute atomic E-state index is 12.5. The molecule has 0 aliphatic heterocycles. The molecular formula is C18H27ClN4O2S2. The smallest absolute Gasteiger partial charge is 0.259 e. The summed E-state index contributed by atoms with van der Waals surface area (Å²) in [6.45, 7) is 2.55. The van der Waals surface area contributed by atoms with Crippen LogP contribution in [0.15, 0.2) is 4.79 Å². The Morgan fingerprint density at radius 2 is 2.19 bits per heavy atom. The average molecular weight is 431 g/mol. The number of rotatable bonds is 8. The first-order chi connectivity index (χ1) is 12.5. The molecule has 9 heteroatoms. The number of amides is 1. The number of aromatic nitrogens is 2. The second kappa shape index (κ2) is 10.5. The van der Waals surface area contributed by atoms with E-state index in [4.69, 9.17) is 5.73 Å². The van der Waals surface area contributed by atoms with E-state index in [1.165, 1.54) is 16.9 Å². The SMILES string of the molecule is CC(N)CCNC(=O)CCSCc1nc2sc3c(c2c(=O)[nH]1)CCCC3.Cl. The summed E-state index contributed by atoms with van der Waals surface area (Å²) in [5.41, 5.74) is 6.86. The van der Waals surface area contributed by atoms with E-state index in [9.17, 15) is 9.59 Å². The fraction of sp³-hybridized carbons (Fsp3) is 0.611. The molecule has 1 amide bonds. The number of hydrogen-bond acceptors (Lipinski definition) is 6. The second-order valence-electron chi connectivity index (χ2n) is 6.82. The number of H-pyrrole nitrogens is 1. The molecule has 0 spiro atoms. The molecule has 0 aromatic carbocycles. The topological polar surface area (TPSA) is 101 Å². The molecule has 150 valence electrons. The number of halogens is 1. The van der Waals surface area contributed by atoms with Gasteiger partial charge in [0.05, 0.1) is 11.1 Å². The van der Waals surface area contributed by atoms with Crippen LogP contribution in [0.3, 0.4) is 0 Å². The molecule has 2 aromatic rings. The van der Waals surface area contributed by atoms with Gasteiger partial charge in [-0.3, -0.25) is 9.59 Å². The Balaban J connectivity index is 0.00000261. The fourth-order valence-corrected chi connectivity index (χ4v) is 5.22. The summed E-state index contributed by atoms with van der Waals surface area (Å²) in [5.74, 6) is 2.05. The summed E-state index contributed by atoms with van der Waals surface area (Å²) < 4.78 is 0. The van der Waals surface area contributed by atoms with Crippen molar-refractivity contribution < 1.29 is 4.79 Å². The lowest BCUT2D eigenvalue weighted by atomic mass is 9.97. The first-order valence-corrected chi connectivity index (χ1v) is 11.1. The van der Waals surface area contributed by atoms with Crippen LogP contribution in [0.2, 0.25) is 0 Å². The normalized spacial score (nSPS) is 14.4. The zero-order valence-electron chi connectivity index (χ0n) is 15.5. The quantitative estimate of drug-likeness (QED) is 0.559. The third-order valence-corrected chi connectivity index (χ3v) is 6.66. The summed E-state index contributed by atoms with van der Waals surface area (Å²) in [6.07, 6.45) is 5.66. The monoisotopic (exact) mass is 430 g/mol. The van der Waals surface area contributed by atoms with Gasteiger partial charge in [-0.15, -0.1) is 23.7 Å². The maximum atomic E-state index is 12.5. The number of nitrogens with one attached hydrogen (secondary N) is 2. The lowest BCUT2D eigenvalue weighted by Gasteiger charge is -2.09. The van der Waals surface area contributed by atoms with E-state index in [0.717, 1.165) is 35.9 Å². The van der Waals surface area contributed by atoms with Gasteiger partial charge in [-0.2, -0.15) is 11.8 Å². The molecule has 3 rings (SSSR count). The number of nitrogens with zero attached hydrogens (tertiary/aromatic N) is 1. The highest BCUT2D eigenvalue weighted by Gasteiger charge is 2.19. The Morgan fingerprint density at radius 1 is 1.41 bits per heavy atom. The van der Waals surface area contributed by atoms with Crippen molar-refractivity contribution in [3.63, 3.8) is 0 Å². The third kappa shape index (κ3) is 5.94. The molecule has 1 aliphatic carbocycles. The molecule has 1 aliphatic rings. The summed E-state index contributed by atoms with van der Waals surface area (Å²) in [5, 5.41) is 3.67. The zero-order valence-corrected chi connectivity index (χ0v) is 18.0. The highest BCUT2D eigenvalue weighted by molar-refractivity contribution is 7.98. The van der Waals surface area contributed by atoms with E-state index in [0.29, 0.717) is 30.3 Å². The Kier molecular flexibility index (Phi) is 8.60. The number of carbonyl (C=O) groups is 1. The lowest BCUT2D eigenvalue weighted by molar-refractivity contribution is -0.120. The molecule has 1 unspecified atom stereocenters. The fourth-order valence-electron chi connectivity index (χ4n) is 3.14. The number of hydrogen-bond donors (Lipinski definition) is 3. The molecule has 6 nitrogen and oxygen atoms in total. The summed E-state index contributed by atoms with van der Waals surface area (Å²) in [7, 11) is 0. The van der Waals surface area contributed by atoms with E-state index in [-0.39, 0.29) is 29.9 Å². The van der Waals surface area contributed by atoms with Crippen molar-refractivity contribution in [2.24, 2.45) is 5.73 Å². The van der Waals surface area contributed by atoms with Crippen molar-refractivity contribution in [2.45, 2.75) is 57.2 Å². The van der Waals surface area contributed by atoms with Gasteiger partial charge in [-0.25, -0.2) is 4.98 Å². The van der Waals surface area contributed by atoms with Crippen molar-refractivity contribution in [3.05, 3.63) is 26.6 Å². The number of aromatic amines is 1. The Bertz CT molecular complexity index is 835. The van der Waals surface area contributed by atoms with Crippen molar-refractivity contribution in [2.75, 3.05) is 12.3 Å². The van der Waals surface area contributed by atoms with Gasteiger partial charge in [0.1, 0.15) is 10.7 Å². The van der Waals surface area contributed by atoms with Crippen LogP contribution >= 0.6 is 35.5 Å². The predicted octanol–water partition coefficient (Wildman–Crippen LogP) is 2.76. The van der Waals surface area contributed by atoms with Gasteiger partial charge in [-0.05, 0) is 44.6 Å². The third-order valence-electron chi connectivity index (χ3n) is 4.51. The van der Waals surface area contributed by atoms with Gasteiger partial charge >= 0.3 is 0 Å².